The Morgan fingerprint density at radius 2 is 2.27 bits per heavy atom. The van der Waals surface area contributed by atoms with E-state index in [1.54, 1.807) is 0 Å². The lowest BCUT2D eigenvalue weighted by Crippen LogP contribution is -2.05. The van der Waals surface area contributed by atoms with E-state index in [0.717, 1.165) is 30.6 Å². The third-order valence-corrected chi connectivity index (χ3v) is 1.78. The Labute approximate surface area is 65.4 Å². The Hall–Kier alpha value is -0.990. The van der Waals surface area contributed by atoms with Gasteiger partial charge in [-0.25, -0.2) is 0 Å². The molecule has 0 amide bonds. The minimum absolute atomic E-state index is 0.0732. The van der Waals surface area contributed by atoms with E-state index in [-0.39, 0.29) is 5.56 Å². The number of aromatic amines is 1. The Morgan fingerprint density at radius 3 is 2.73 bits per heavy atom. The molecular weight excluding hydrogens is 142 g/mol. The van der Waals surface area contributed by atoms with Crippen LogP contribution in [0.1, 0.15) is 31.1 Å². The zero-order valence-electron chi connectivity index (χ0n) is 6.94. The summed E-state index contributed by atoms with van der Waals surface area (Å²) >= 11 is 0. The third-order valence-electron chi connectivity index (χ3n) is 1.78. The second kappa shape index (κ2) is 3.42. The molecule has 3 nitrogen and oxygen atoms in total. The van der Waals surface area contributed by atoms with Crippen LogP contribution in [-0.4, -0.2) is 5.16 Å². The molecule has 1 heterocycles. The number of nitrogens with one attached hydrogen (secondary N) is 1. The first kappa shape index (κ1) is 8.11. The normalized spacial score (nSPS) is 10.4. The average Bonchev–Trinajstić information content (AvgIpc) is 2.29. The lowest BCUT2D eigenvalue weighted by molar-refractivity contribution is 0.391. The maximum absolute atomic E-state index is 11.0. The van der Waals surface area contributed by atoms with E-state index < -0.39 is 0 Å². The average molecular weight is 155 g/mol. The zero-order chi connectivity index (χ0) is 8.27. The van der Waals surface area contributed by atoms with Gasteiger partial charge in [-0.2, -0.15) is 5.16 Å². The molecule has 1 aromatic rings. The van der Waals surface area contributed by atoms with E-state index in [0.29, 0.717) is 0 Å². The first-order valence-electron chi connectivity index (χ1n) is 3.92. The van der Waals surface area contributed by atoms with Gasteiger partial charge in [0.05, 0.1) is 5.56 Å². The molecule has 0 aromatic carbocycles. The van der Waals surface area contributed by atoms with Crippen molar-refractivity contribution in [2.24, 2.45) is 0 Å². The van der Waals surface area contributed by atoms with Gasteiger partial charge in [0.15, 0.2) is 0 Å². The molecule has 0 aliphatic rings. The van der Waals surface area contributed by atoms with Crippen LogP contribution in [0.5, 0.6) is 0 Å². The monoisotopic (exact) mass is 155 g/mol. The highest BCUT2D eigenvalue weighted by Gasteiger charge is 2.06. The van der Waals surface area contributed by atoms with Gasteiger partial charge in [0.25, 0.3) is 5.56 Å². The fourth-order valence-electron chi connectivity index (χ4n) is 1.05. The molecule has 0 saturated heterocycles. The van der Waals surface area contributed by atoms with Crippen LogP contribution < -0.4 is 5.56 Å². The minimum Gasteiger partial charge on any atom is -0.384 e. The number of rotatable bonds is 3. The lowest BCUT2D eigenvalue weighted by Gasteiger charge is -1.91. The highest BCUT2D eigenvalue weighted by Crippen LogP contribution is 2.04. The van der Waals surface area contributed by atoms with Gasteiger partial charge >= 0.3 is 0 Å². The van der Waals surface area contributed by atoms with Crippen LogP contribution in [0.2, 0.25) is 0 Å². The third kappa shape index (κ3) is 1.73. The van der Waals surface area contributed by atoms with Crippen molar-refractivity contribution in [2.45, 2.75) is 33.1 Å². The highest BCUT2D eigenvalue weighted by atomic mass is 16.5. The molecule has 0 bridgehead atoms. The topological polar surface area (TPSA) is 46.0 Å². The molecular formula is C8H13NO2. The van der Waals surface area contributed by atoms with Crippen molar-refractivity contribution in [3.63, 3.8) is 0 Å². The van der Waals surface area contributed by atoms with Crippen molar-refractivity contribution >= 4 is 0 Å². The number of unbranched alkanes of at least 4 members (excludes halogenated alkanes) is 1. The summed E-state index contributed by atoms with van der Waals surface area (Å²) in [5.41, 5.74) is 0.725. The van der Waals surface area contributed by atoms with Gasteiger partial charge in [-0.05, 0) is 19.8 Å². The van der Waals surface area contributed by atoms with Crippen molar-refractivity contribution in [3.05, 3.63) is 21.7 Å². The number of hydrogen-bond donors (Lipinski definition) is 1. The summed E-state index contributed by atoms with van der Waals surface area (Å²) in [5.74, 6) is 0.725. The Bertz CT molecular complexity index is 272. The van der Waals surface area contributed by atoms with Crippen LogP contribution in [0.25, 0.3) is 0 Å². The summed E-state index contributed by atoms with van der Waals surface area (Å²) < 4.78 is 4.85. The Balaban J connectivity index is 2.75. The van der Waals surface area contributed by atoms with Crippen LogP contribution in [0.3, 0.4) is 0 Å². The van der Waals surface area contributed by atoms with Crippen molar-refractivity contribution in [1.82, 2.24) is 5.16 Å². The molecule has 11 heavy (non-hydrogen) atoms. The predicted molar refractivity (Wildman–Crippen MR) is 42.7 cm³/mol. The van der Waals surface area contributed by atoms with Crippen molar-refractivity contribution in [1.29, 1.82) is 0 Å². The summed E-state index contributed by atoms with van der Waals surface area (Å²) in [6.07, 6.45) is 2.97. The standard InChI is InChI=1S/C8H13NO2/c1-3-4-5-7-6(2)11-9-8(7)10/h3-5H2,1-2H3,(H,9,10). The van der Waals surface area contributed by atoms with Crippen LogP contribution in [0.15, 0.2) is 9.32 Å². The van der Waals surface area contributed by atoms with E-state index in [4.69, 9.17) is 4.52 Å². The molecule has 0 aliphatic heterocycles. The summed E-state index contributed by atoms with van der Waals surface area (Å²) in [5, 5.41) is 2.32. The minimum atomic E-state index is -0.0732. The van der Waals surface area contributed by atoms with Gasteiger partial charge < -0.3 is 4.52 Å². The molecule has 0 fully saturated rings. The number of aryl methyl sites for hydroxylation is 1. The quantitative estimate of drug-likeness (QED) is 0.720. The maximum atomic E-state index is 11.0. The second-order valence-electron chi connectivity index (χ2n) is 2.67. The first-order valence-corrected chi connectivity index (χ1v) is 3.92. The maximum Gasteiger partial charge on any atom is 0.283 e. The molecule has 62 valence electrons. The largest absolute Gasteiger partial charge is 0.384 e. The van der Waals surface area contributed by atoms with Gasteiger partial charge in [-0.15, -0.1) is 0 Å². The van der Waals surface area contributed by atoms with Crippen molar-refractivity contribution in [2.75, 3.05) is 0 Å². The number of hydrogen-bond acceptors (Lipinski definition) is 2. The molecule has 0 radical (unpaired) electrons. The zero-order valence-corrected chi connectivity index (χ0v) is 6.94. The predicted octanol–water partition coefficient (Wildman–Crippen LogP) is 1.62. The fourth-order valence-corrected chi connectivity index (χ4v) is 1.05. The molecule has 1 rings (SSSR count). The fraction of sp³-hybridized carbons (Fsp3) is 0.625. The van der Waals surface area contributed by atoms with E-state index >= 15 is 0 Å². The van der Waals surface area contributed by atoms with Crippen LogP contribution in [-0.2, 0) is 6.42 Å². The summed E-state index contributed by atoms with van der Waals surface area (Å²) in [4.78, 5) is 11.0. The van der Waals surface area contributed by atoms with Gasteiger partial charge in [0, 0.05) is 0 Å². The van der Waals surface area contributed by atoms with Gasteiger partial charge in [-0.1, -0.05) is 13.3 Å². The summed E-state index contributed by atoms with van der Waals surface area (Å²) in [6.45, 7) is 3.91. The van der Waals surface area contributed by atoms with E-state index in [9.17, 15) is 4.79 Å². The Kier molecular flexibility index (Phi) is 2.52. The smallest absolute Gasteiger partial charge is 0.283 e. The van der Waals surface area contributed by atoms with Crippen LogP contribution >= 0.6 is 0 Å². The van der Waals surface area contributed by atoms with Gasteiger partial charge in [-0.3, -0.25) is 4.79 Å². The molecule has 0 aliphatic carbocycles. The molecule has 0 atom stereocenters. The molecule has 0 spiro atoms. The molecule has 0 unspecified atom stereocenters. The van der Waals surface area contributed by atoms with E-state index in [1.165, 1.54) is 0 Å². The SMILES string of the molecule is CCCCc1c(C)o[nH]c1=O. The molecule has 1 N–H and O–H groups in total. The molecule has 1 aromatic heterocycles. The van der Waals surface area contributed by atoms with Gasteiger partial charge in [0.2, 0.25) is 0 Å². The highest BCUT2D eigenvalue weighted by molar-refractivity contribution is 5.11. The Morgan fingerprint density at radius 1 is 1.55 bits per heavy atom. The van der Waals surface area contributed by atoms with Crippen molar-refractivity contribution < 1.29 is 4.52 Å². The molecule has 3 heteroatoms. The molecule has 0 saturated carbocycles. The van der Waals surface area contributed by atoms with E-state index in [1.807, 2.05) is 6.92 Å². The first-order chi connectivity index (χ1) is 5.25. The number of aromatic nitrogens is 1. The number of H-pyrrole nitrogens is 1. The summed E-state index contributed by atoms with van der Waals surface area (Å²) in [7, 11) is 0. The van der Waals surface area contributed by atoms with Crippen LogP contribution in [0.4, 0.5) is 0 Å². The van der Waals surface area contributed by atoms with Gasteiger partial charge in [0.1, 0.15) is 5.76 Å². The van der Waals surface area contributed by atoms with Crippen molar-refractivity contribution in [3.8, 4) is 0 Å². The van der Waals surface area contributed by atoms with Crippen LogP contribution in [0, 0.1) is 6.92 Å². The van der Waals surface area contributed by atoms with E-state index in [2.05, 4.69) is 12.1 Å². The lowest BCUT2D eigenvalue weighted by atomic mass is 10.1. The summed E-state index contributed by atoms with van der Waals surface area (Å²) in [6, 6.07) is 0. The second-order valence-corrected chi connectivity index (χ2v) is 2.67.